The third-order valence-corrected chi connectivity index (χ3v) is 6.88. The first-order chi connectivity index (χ1) is 15.0. The van der Waals surface area contributed by atoms with Crippen molar-refractivity contribution in [3.05, 3.63) is 58.1 Å². The Morgan fingerprint density at radius 2 is 1.84 bits per heavy atom. The van der Waals surface area contributed by atoms with Gasteiger partial charge in [0, 0.05) is 0 Å². The number of pyridine rings is 1. The van der Waals surface area contributed by atoms with Crippen LogP contribution in [0.25, 0.3) is 33.3 Å². The van der Waals surface area contributed by atoms with E-state index in [4.69, 9.17) is 5.73 Å². The number of H-pyrrole nitrogens is 2. The summed E-state index contributed by atoms with van der Waals surface area (Å²) in [6.45, 7) is 2.29. The van der Waals surface area contributed by atoms with E-state index >= 15 is 0 Å². The first-order valence-electron chi connectivity index (χ1n) is 11.1. The molecule has 0 unspecified atom stereocenters. The van der Waals surface area contributed by atoms with Crippen molar-refractivity contribution >= 4 is 27.6 Å². The molecule has 2 heterocycles. The van der Waals surface area contributed by atoms with Crippen LogP contribution < -0.4 is 11.3 Å². The number of halogens is 1. The number of anilines is 1. The summed E-state index contributed by atoms with van der Waals surface area (Å²) in [5, 5.41) is 0.209. The molecule has 4 N–H and O–H groups in total. The molecule has 0 saturated heterocycles. The molecule has 2 aromatic heterocycles. The number of rotatable bonds is 4. The van der Waals surface area contributed by atoms with Gasteiger partial charge < -0.3 is 15.7 Å². The highest BCUT2D eigenvalue weighted by Gasteiger charge is 2.21. The molecule has 1 saturated carbocycles. The van der Waals surface area contributed by atoms with Crippen LogP contribution in [0.2, 0.25) is 0 Å². The summed E-state index contributed by atoms with van der Waals surface area (Å²) in [7, 11) is 0. The fraction of sp³-hybridized carbons (Fsp3) is 0.360. The summed E-state index contributed by atoms with van der Waals surface area (Å²) in [6.07, 6.45) is 7.59. The molecule has 1 fully saturated rings. The minimum atomic E-state index is -0.469. The second-order valence-electron chi connectivity index (χ2n) is 8.84. The molecule has 1 aliphatic rings. The predicted molar refractivity (Wildman–Crippen MR) is 123 cm³/mol. The first kappa shape index (κ1) is 19.8. The number of nitrogens with zero attached hydrogens (tertiary/aromatic N) is 1. The van der Waals surface area contributed by atoms with Crippen molar-refractivity contribution in [1.29, 1.82) is 0 Å². The summed E-state index contributed by atoms with van der Waals surface area (Å²) < 4.78 is 14.4. The Labute approximate surface area is 179 Å². The fourth-order valence-corrected chi connectivity index (χ4v) is 5.05. The van der Waals surface area contributed by atoms with Crippen molar-refractivity contribution in [3.63, 3.8) is 0 Å². The molecule has 1 aliphatic carbocycles. The molecule has 6 heteroatoms. The van der Waals surface area contributed by atoms with E-state index < -0.39 is 5.82 Å². The maximum atomic E-state index is 14.4. The number of hydrogen-bond acceptors (Lipinski definition) is 3. The van der Waals surface area contributed by atoms with E-state index in [9.17, 15) is 9.18 Å². The van der Waals surface area contributed by atoms with Crippen LogP contribution in [0.4, 0.5) is 10.1 Å². The molecular formula is C25H27FN4O. The lowest BCUT2D eigenvalue weighted by molar-refractivity contribution is 0.268. The molecule has 5 nitrogen and oxygen atoms in total. The van der Waals surface area contributed by atoms with Gasteiger partial charge in [-0.05, 0) is 60.9 Å². The van der Waals surface area contributed by atoms with Gasteiger partial charge in [-0.3, -0.25) is 4.79 Å². The van der Waals surface area contributed by atoms with E-state index in [1.165, 1.54) is 43.7 Å². The number of hydrogen-bond donors (Lipinski definition) is 3. The maximum Gasteiger partial charge on any atom is 0.261 e. The van der Waals surface area contributed by atoms with Crippen LogP contribution in [0.15, 0.2) is 41.2 Å². The van der Waals surface area contributed by atoms with Gasteiger partial charge in [0.25, 0.3) is 5.56 Å². The summed E-state index contributed by atoms with van der Waals surface area (Å²) in [6, 6.07) is 10.7. The first-order valence-corrected chi connectivity index (χ1v) is 11.1. The third kappa shape index (κ3) is 3.60. The van der Waals surface area contributed by atoms with E-state index in [0.29, 0.717) is 11.3 Å². The summed E-state index contributed by atoms with van der Waals surface area (Å²) in [4.78, 5) is 23.2. The molecule has 0 atom stereocenters. The zero-order valence-corrected chi connectivity index (χ0v) is 17.7. The number of nitrogens with one attached hydrogen (secondary N) is 2. The molecule has 0 spiro atoms. The number of fused-ring (bicyclic) bond motifs is 2. The Morgan fingerprint density at radius 3 is 2.61 bits per heavy atom. The van der Waals surface area contributed by atoms with E-state index in [1.807, 2.05) is 6.07 Å². The summed E-state index contributed by atoms with van der Waals surface area (Å²) in [5.41, 5.74) is 9.40. The normalized spacial score (nSPS) is 19.3. The molecule has 31 heavy (non-hydrogen) atoms. The number of imidazole rings is 1. The average molecular weight is 419 g/mol. The van der Waals surface area contributed by atoms with Gasteiger partial charge in [0.15, 0.2) is 0 Å². The Hall–Kier alpha value is -3.15. The number of benzene rings is 2. The zero-order chi connectivity index (χ0) is 21.5. The highest BCUT2D eigenvalue weighted by atomic mass is 19.1. The SMILES string of the molecule is CCC1CCC(Cc2ccc3nc(-c4c(N)c5c(F)cccc5[nH]c4=O)[nH]c3c2)CC1. The van der Waals surface area contributed by atoms with Gasteiger partial charge in [0.2, 0.25) is 0 Å². The van der Waals surface area contributed by atoms with Crippen LogP contribution in [0.3, 0.4) is 0 Å². The average Bonchev–Trinajstić information content (AvgIpc) is 3.17. The van der Waals surface area contributed by atoms with E-state index in [-0.39, 0.29) is 22.2 Å². The van der Waals surface area contributed by atoms with E-state index in [0.717, 1.165) is 29.3 Å². The molecular weight excluding hydrogens is 391 g/mol. The molecule has 160 valence electrons. The van der Waals surface area contributed by atoms with Gasteiger partial charge in [-0.2, -0.15) is 0 Å². The van der Waals surface area contributed by atoms with Crippen LogP contribution in [-0.2, 0) is 6.42 Å². The van der Waals surface area contributed by atoms with Gasteiger partial charge in [-0.15, -0.1) is 0 Å². The van der Waals surface area contributed by atoms with Crippen LogP contribution >= 0.6 is 0 Å². The van der Waals surface area contributed by atoms with E-state index in [2.05, 4.69) is 34.0 Å². The highest BCUT2D eigenvalue weighted by Crippen LogP contribution is 2.34. The molecule has 0 radical (unpaired) electrons. The van der Waals surface area contributed by atoms with Crippen LogP contribution in [-0.4, -0.2) is 15.0 Å². The van der Waals surface area contributed by atoms with Crippen LogP contribution in [0.1, 0.15) is 44.6 Å². The number of nitrogen functional groups attached to an aromatic ring is 1. The molecule has 4 aromatic rings. The third-order valence-electron chi connectivity index (χ3n) is 6.88. The van der Waals surface area contributed by atoms with Crippen molar-refractivity contribution in [3.8, 4) is 11.4 Å². The Balaban J connectivity index is 1.48. The van der Waals surface area contributed by atoms with Crippen molar-refractivity contribution in [2.45, 2.75) is 45.4 Å². The standard InChI is InChI=1S/C25H27FN4O/c1-2-14-6-8-15(9-7-14)12-16-10-11-18-20(13-16)29-24(28-18)22-23(27)21-17(26)4-3-5-19(21)30-25(22)31/h3-5,10-11,13-15H,2,6-9,12H2,1H3,(H,28,29)(H3,27,30,31). The van der Waals surface area contributed by atoms with Gasteiger partial charge in [0.1, 0.15) is 17.2 Å². The lowest BCUT2D eigenvalue weighted by Gasteiger charge is -2.27. The van der Waals surface area contributed by atoms with Gasteiger partial charge in [-0.25, -0.2) is 9.37 Å². The molecule has 0 bridgehead atoms. The maximum absolute atomic E-state index is 14.4. The van der Waals surface area contributed by atoms with Crippen molar-refractivity contribution in [2.75, 3.05) is 5.73 Å². The van der Waals surface area contributed by atoms with Gasteiger partial charge >= 0.3 is 0 Å². The Bertz CT molecular complexity index is 1310. The van der Waals surface area contributed by atoms with Gasteiger partial charge in [-0.1, -0.05) is 38.3 Å². The lowest BCUT2D eigenvalue weighted by Crippen LogP contribution is -2.15. The Morgan fingerprint density at radius 1 is 1.06 bits per heavy atom. The minimum absolute atomic E-state index is 0.101. The van der Waals surface area contributed by atoms with Crippen molar-refractivity contribution < 1.29 is 4.39 Å². The molecule has 0 amide bonds. The van der Waals surface area contributed by atoms with Crippen molar-refractivity contribution in [1.82, 2.24) is 15.0 Å². The zero-order valence-electron chi connectivity index (χ0n) is 17.7. The molecule has 5 rings (SSSR count). The second kappa shape index (κ2) is 7.84. The summed E-state index contributed by atoms with van der Waals surface area (Å²) >= 11 is 0. The van der Waals surface area contributed by atoms with Gasteiger partial charge in [0.05, 0.1) is 27.6 Å². The number of aromatic nitrogens is 3. The molecule has 2 aromatic carbocycles. The molecule has 0 aliphatic heterocycles. The predicted octanol–water partition coefficient (Wildman–Crippen LogP) is 5.55. The van der Waals surface area contributed by atoms with Crippen molar-refractivity contribution in [2.24, 2.45) is 11.8 Å². The number of aromatic amines is 2. The number of nitrogens with two attached hydrogens (primary N) is 1. The van der Waals surface area contributed by atoms with Crippen LogP contribution in [0, 0.1) is 17.7 Å². The Kier molecular flexibility index (Phi) is 5.00. The quantitative estimate of drug-likeness (QED) is 0.406. The topological polar surface area (TPSA) is 87.6 Å². The lowest BCUT2D eigenvalue weighted by atomic mass is 9.78. The smallest absolute Gasteiger partial charge is 0.261 e. The monoisotopic (exact) mass is 418 g/mol. The highest BCUT2D eigenvalue weighted by molar-refractivity contribution is 5.98. The summed E-state index contributed by atoms with van der Waals surface area (Å²) in [5.74, 6) is 1.51. The minimum Gasteiger partial charge on any atom is -0.397 e. The second-order valence-corrected chi connectivity index (χ2v) is 8.84. The fourth-order valence-electron chi connectivity index (χ4n) is 5.05. The van der Waals surface area contributed by atoms with E-state index in [1.54, 1.807) is 12.1 Å². The largest absolute Gasteiger partial charge is 0.397 e. The van der Waals surface area contributed by atoms with Crippen LogP contribution in [0.5, 0.6) is 0 Å².